The standard InChI is InChI=1S/C20H28O2/c1-20(2)11-9-15(10-12-20)16-5-3-4-6-17(16)18(13-19(21)22)14-7-8-14/h3-6,14-15,18H,7-13H2,1-2H3,(H,21,22). The van der Waals surface area contributed by atoms with Crippen molar-refractivity contribution in [1.29, 1.82) is 0 Å². The van der Waals surface area contributed by atoms with Crippen LogP contribution in [0.25, 0.3) is 0 Å². The number of hydrogen-bond acceptors (Lipinski definition) is 1. The summed E-state index contributed by atoms with van der Waals surface area (Å²) >= 11 is 0. The molecule has 1 atom stereocenters. The van der Waals surface area contributed by atoms with Gasteiger partial charge in [-0.15, -0.1) is 0 Å². The molecule has 1 unspecified atom stereocenters. The number of aliphatic carboxylic acids is 1. The van der Waals surface area contributed by atoms with Crippen LogP contribution in [-0.2, 0) is 4.79 Å². The second-order valence-electron chi connectivity index (χ2n) is 8.11. The summed E-state index contributed by atoms with van der Waals surface area (Å²) in [6.45, 7) is 4.74. The van der Waals surface area contributed by atoms with Gasteiger partial charge in [-0.2, -0.15) is 0 Å². The van der Waals surface area contributed by atoms with E-state index in [1.807, 2.05) is 0 Å². The van der Waals surface area contributed by atoms with E-state index in [1.165, 1.54) is 49.7 Å². The zero-order valence-corrected chi connectivity index (χ0v) is 13.8. The van der Waals surface area contributed by atoms with Crippen LogP contribution in [0.1, 0.15) is 81.8 Å². The van der Waals surface area contributed by atoms with E-state index in [9.17, 15) is 9.90 Å². The van der Waals surface area contributed by atoms with E-state index in [0.717, 1.165) is 0 Å². The maximum Gasteiger partial charge on any atom is 0.303 e. The molecule has 0 spiro atoms. The van der Waals surface area contributed by atoms with Gasteiger partial charge < -0.3 is 5.11 Å². The van der Waals surface area contributed by atoms with Gasteiger partial charge in [0, 0.05) is 0 Å². The molecule has 0 aliphatic heterocycles. The van der Waals surface area contributed by atoms with Crippen LogP contribution in [0.5, 0.6) is 0 Å². The van der Waals surface area contributed by atoms with Gasteiger partial charge in [0.05, 0.1) is 6.42 Å². The van der Waals surface area contributed by atoms with Gasteiger partial charge in [-0.25, -0.2) is 0 Å². The Labute approximate surface area is 133 Å². The van der Waals surface area contributed by atoms with Crippen LogP contribution in [0.4, 0.5) is 0 Å². The van der Waals surface area contributed by atoms with Gasteiger partial charge in [0.1, 0.15) is 0 Å². The number of hydrogen-bond donors (Lipinski definition) is 1. The molecule has 2 nitrogen and oxygen atoms in total. The fraction of sp³-hybridized carbons (Fsp3) is 0.650. The number of carboxylic acid groups (broad SMARTS) is 1. The molecule has 1 N–H and O–H groups in total. The molecule has 120 valence electrons. The molecular formula is C20H28O2. The van der Waals surface area contributed by atoms with Crippen molar-refractivity contribution >= 4 is 5.97 Å². The molecular weight excluding hydrogens is 272 g/mol. The summed E-state index contributed by atoms with van der Waals surface area (Å²) < 4.78 is 0. The van der Waals surface area contributed by atoms with Crippen LogP contribution in [-0.4, -0.2) is 11.1 Å². The van der Waals surface area contributed by atoms with Crippen molar-refractivity contribution in [3.05, 3.63) is 35.4 Å². The third-order valence-corrected chi connectivity index (χ3v) is 5.76. The monoisotopic (exact) mass is 300 g/mol. The van der Waals surface area contributed by atoms with Crippen molar-refractivity contribution in [2.45, 2.75) is 70.6 Å². The first-order chi connectivity index (χ1) is 10.5. The van der Waals surface area contributed by atoms with E-state index in [2.05, 4.69) is 38.1 Å². The quantitative estimate of drug-likeness (QED) is 0.797. The lowest BCUT2D eigenvalue weighted by atomic mass is 9.69. The fourth-order valence-corrected chi connectivity index (χ4v) is 4.15. The molecule has 1 aromatic carbocycles. The molecule has 0 bridgehead atoms. The average molecular weight is 300 g/mol. The molecule has 0 radical (unpaired) electrons. The van der Waals surface area contributed by atoms with Crippen molar-refractivity contribution in [1.82, 2.24) is 0 Å². The summed E-state index contributed by atoms with van der Waals surface area (Å²) in [6.07, 6.45) is 7.73. The molecule has 22 heavy (non-hydrogen) atoms. The lowest BCUT2D eigenvalue weighted by molar-refractivity contribution is -0.137. The Bertz CT molecular complexity index is 532. The van der Waals surface area contributed by atoms with E-state index < -0.39 is 5.97 Å². The summed E-state index contributed by atoms with van der Waals surface area (Å²) in [5.41, 5.74) is 3.25. The number of carbonyl (C=O) groups is 1. The molecule has 0 amide bonds. The molecule has 2 aliphatic carbocycles. The Morgan fingerprint density at radius 3 is 2.41 bits per heavy atom. The Balaban J connectivity index is 1.84. The lowest BCUT2D eigenvalue weighted by Crippen LogP contribution is -2.21. The topological polar surface area (TPSA) is 37.3 Å². The molecule has 2 fully saturated rings. The largest absolute Gasteiger partial charge is 0.481 e. The highest BCUT2D eigenvalue weighted by Crippen LogP contribution is 2.49. The minimum atomic E-state index is -0.656. The first-order valence-electron chi connectivity index (χ1n) is 8.77. The molecule has 1 aromatic rings. The van der Waals surface area contributed by atoms with Gasteiger partial charge in [-0.3, -0.25) is 4.79 Å². The number of carboxylic acids is 1. The van der Waals surface area contributed by atoms with Crippen molar-refractivity contribution in [3.8, 4) is 0 Å². The SMILES string of the molecule is CC1(C)CCC(c2ccccc2C(CC(=O)O)C2CC2)CC1. The molecule has 0 heterocycles. The fourth-order valence-electron chi connectivity index (χ4n) is 4.15. The van der Waals surface area contributed by atoms with Crippen LogP contribution in [0.15, 0.2) is 24.3 Å². The number of benzene rings is 1. The first-order valence-corrected chi connectivity index (χ1v) is 8.77. The van der Waals surface area contributed by atoms with Gasteiger partial charge in [-0.1, -0.05) is 38.1 Å². The zero-order valence-electron chi connectivity index (χ0n) is 13.8. The van der Waals surface area contributed by atoms with Gasteiger partial charge in [0.2, 0.25) is 0 Å². The van der Waals surface area contributed by atoms with Crippen molar-refractivity contribution in [2.24, 2.45) is 11.3 Å². The minimum absolute atomic E-state index is 0.226. The van der Waals surface area contributed by atoms with Gasteiger partial charge in [-0.05, 0) is 72.8 Å². The lowest BCUT2D eigenvalue weighted by Gasteiger charge is -2.36. The highest BCUT2D eigenvalue weighted by Gasteiger charge is 2.36. The molecule has 3 rings (SSSR count). The molecule has 2 heteroatoms. The second-order valence-corrected chi connectivity index (χ2v) is 8.11. The zero-order chi connectivity index (χ0) is 15.7. The maximum atomic E-state index is 11.3. The van der Waals surface area contributed by atoms with Crippen molar-refractivity contribution in [2.75, 3.05) is 0 Å². The Kier molecular flexibility index (Phi) is 4.29. The molecule has 0 aromatic heterocycles. The van der Waals surface area contributed by atoms with Gasteiger partial charge in [0.25, 0.3) is 0 Å². The van der Waals surface area contributed by atoms with E-state index in [4.69, 9.17) is 0 Å². The normalized spacial score (nSPS) is 23.2. The van der Waals surface area contributed by atoms with Crippen molar-refractivity contribution in [3.63, 3.8) is 0 Å². The Hall–Kier alpha value is -1.31. The predicted molar refractivity (Wildman–Crippen MR) is 89.1 cm³/mol. The molecule has 2 saturated carbocycles. The van der Waals surface area contributed by atoms with Crippen LogP contribution in [0.3, 0.4) is 0 Å². The minimum Gasteiger partial charge on any atom is -0.481 e. The second kappa shape index (κ2) is 6.06. The number of rotatable bonds is 5. The molecule has 2 aliphatic rings. The van der Waals surface area contributed by atoms with E-state index in [0.29, 0.717) is 23.7 Å². The van der Waals surface area contributed by atoms with E-state index in [1.54, 1.807) is 0 Å². The maximum absolute atomic E-state index is 11.3. The van der Waals surface area contributed by atoms with Crippen LogP contribution >= 0.6 is 0 Å². The smallest absolute Gasteiger partial charge is 0.303 e. The predicted octanol–water partition coefficient (Wildman–Crippen LogP) is 5.34. The summed E-state index contributed by atoms with van der Waals surface area (Å²) in [5, 5.41) is 9.29. The highest BCUT2D eigenvalue weighted by molar-refractivity contribution is 5.68. The Morgan fingerprint density at radius 2 is 1.82 bits per heavy atom. The summed E-state index contributed by atoms with van der Waals surface area (Å²) in [4.78, 5) is 11.3. The Morgan fingerprint density at radius 1 is 1.18 bits per heavy atom. The summed E-state index contributed by atoms with van der Waals surface area (Å²) in [5.74, 6) is 0.789. The van der Waals surface area contributed by atoms with E-state index in [-0.39, 0.29) is 5.92 Å². The van der Waals surface area contributed by atoms with Gasteiger partial charge in [0.15, 0.2) is 0 Å². The molecule has 0 saturated heterocycles. The summed E-state index contributed by atoms with van der Waals surface area (Å²) in [6, 6.07) is 8.67. The van der Waals surface area contributed by atoms with Crippen LogP contribution in [0.2, 0.25) is 0 Å². The third kappa shape index (κ3) is 3.53. The van der Waals surface area contributed by atoms with Gasteiger partial charge >= 0.3 is 5.97 Å². The van der Waals surface area contributed by atoms with Crippen LogP contribution in [0, 0.1) is 11.3 Å². The average Bonchev–Trinajstić information content (AvgIpc) is 3.29. The van der Waals surface area contributed by atoms with E-state index >= 15 is 0 Å². The van der Waals surface area contributed by atoms with Crippen molar-refractivity contribution < 1.29 is 9.90 Å². The highest BCUT2D eigenvalue weighted by atomic mass is 16.4. The summed E-state index contributed by atoms with van der Waals surface area (Å²) in [7, 11) is 0. The first kappa shape index (κ1) is 15.6. The third-order valence-electron chi connectivity index (χ3n) is 5.76. The van der Waals surface area contributed by atoms with Crippen LogP contribution < -0.4 is 0 Å².